The Hall–Kier alpha value is -2.38. The molecule has 0 aliphatic heterocycles. The Bertz CT molecular complexity index is 881. The molecule has 2 aromatic rings. The molecular formula is C18H21NO5S. The quantitative estimate of drug-likeness (QED) is 0.851. The number of ether oxygens (including phenoxy) is 1. The molecule has 25 heavy (non-hydrogen) atoms. The molecule has 0 fully saturated rings. The number of carboxylic acid groups (broad SMARTS) is 1. The fourth-order valence-corrected chi connectivity index (χ4v) is 3.77. The minimum Gasteiger partial charge on any atom is -0.497 e. The van der Waals surface area contributed by atoms with E-state index < -0.39 is 21.5 Å². The van der Waals surface area contributed by atoms with Crippen molar-refractivity contribution in [3.63, 3.8) is 0 Å². The van der Waals surface area contributed by atoms with E-state index in [1.807, 2.05) is 0 Å². The summed E-state index contributed by atoms with van der Waals surface area (Å²) in [4.78, 5) is 11.6. The summed E-state index contributed by atoms with van der Waals surface area (Å²) in [7, 11) is -2.18. The van der Waals surface area contributed by atoms with Gasteiger partial charge in [0.1, 0.15) is 5.75 Å². The second-order valence-corrected chi connectivity index (χ2v) is 8.28. The van der Waals surface area contributed by atoms with Gasteiger partial charge in [-0.1, -0.05) is 12.1 Å². The van der Waals surface area contributed by atoms with Crippen molar-refractivity contribution in [1.29, 1.82) is 0 Å². The minimum absolute atomic E-state index is 0.0859. The highest BCUT2D eigenvalue weighted by Crippen LogP contribution is 2.28. The summed E-state index contributed by atoms with van der Waals surface area (Å²) >= 11 is 0. The monoisotopic (exact) mass is 363 g/mol. The largest absolute Gasteiger partial charge is 0.497 e. The predicted molar refractivity (Wildman–Crippen MR) is 95.5 cm³/mol. The van der Waals surface area contributed by atoms with Gasteiger partial charge in [-0.2, -0.15) is 0 Å². The van der Waals surface area contributed by atoms with Crippen LogP contribution in [-0.4, -0.2) is 32.1 Å². The van der Waals surface area contributed by atoms with Crippen LogP contribution in [0.2, 0.25) is 0 Å². The zero-order chi connectivity index (χ0) is 18.8. The van der Waals surface area contributed by atoms with E-state index in [4.69, 9.17) is 4.74 Å². The van der Waals surface area contributed by atoms with Crippen molar-refractivity contribution in [2.75, 3.05) is 7.11 Å². The molecule has 0 bridgehead atoms. The van der Waals surface area contributed by atoms with Crippen LogP contribution in [0.15, 0.2) is 47.4 Å². The number of hydrogen-bond acceptors (Lipinski definition) is 4. The Labute approximate surface area is 147 Å². The maximum absolute atomic E-state index is 12.3. The number of sulfonamides is 1. The van der Waals surface area contributed by atoms with Crippen molar-refractivity contribution in [1.82, 2.24) is 4.72 Å². The van der Waals surface area contributed by atoms with Gasteiger partial charge in [-0.3, -0.25) is 0 Å². The van der Waals surface area contributed by atoms with E-state index >= 15 is 0 Å². The van der Waals surface area contributed by atoms with Crippen LogP contribution in [-0.2, 0) is 10.0 Å². The first-order valence-corrected chi connectivity index (χ1v) is 9.07. The van der Waals surface area contributed by atoms with E-state index in [2.05, 4.69) is 4.72 Å². The van der Waals surface area contributed by atoms with Crippen LogP contribution in [0, 0.1) is 0 Å². The number of methoxy groups -OCH3 is 1. The van der Waals surface area contributed by atoms with Crippen molar-refractivity contribution < 1.29 is 23.1 Å². The highest BCUT2D eigenvalue weighted by Gasteiger charge is 2.22. The standard InChI is InChI=1S/C18H21NO5S/c1-18(2,3)19-25(22,23)14-8-5-12(6-9-14)15-10-7-13(24-4)11-16(15)17(20)21/h5-11,19H,1-4H3,(H,20,21). The molecule has 134 valence electrons. The van der Waals surface area contributed by atoms with E-state index in [1.165, 1.54) is 25.3 Å². The molecule has 0 radical (unpaired) electrons. The maximum Gasteiger partial charge on any atom is 0.336 e. The van der Waals surface area contributed by atoms with Gasteiger partial charge in [0.25, 0.3) is 0 Å². The summed E-state index contributed by atoms with van der Waals surface area (Å²) in [5.74, 6) is -0.644. The number of carboxylic acids is 1. The normalized spacial score (nSPS) is 12.0. The van der Waals surface area contributed by atoms with Crippen LogP contribution >= 0.6 is 0 Å². The molecule has 0 aromatic heterocycles. The third-order valence-electron chi connectivity index (χ3n) is 3.37. The van der Waals surface area contributed by atoms with Gasteiger partial charge in [-0.15, -0.1) is 0 Å². The molecule has 0 heterocycles. The van der Waals surface area contributed by atoms with E-state index in [0.717, 1.165) is 0 Å². The molecule has 0 amide bonds. The van der Waals surface area contributed by atoms with Crippen LogP contribution in [0.4, 0.5) is 0 Å². The number of nitrogens with one attached hydrogen (secondary N) is 1. The SMILES string of the molecule is COc1ccc(-c2ccc(S(=O)(=O)NC(C)(C)C)cc2)c(C(=O)O)c1. The molecule has 0 atom stereocenters. The van der Waals surface area contributed by atoms with Crippen LogP contribution < -0.4 is 9.46 Å². The molecular weight excluding hydrogens is 342 g/mol. The summed E-state index contributed by atoms with van der Waals surface area (Å²) in [6.45, 7) is 5.28. The minimum atomic E-state index is -3.64. The molecule has 0 saturated heterocycles. The third-order valence-corrected chi connectivity index (χ3v) is 5.15. The maximum atomic E-state index is 12.3. The third kappa shape index (κ3) is 4.58. The smallest absolute Gasteiger partial charge is 0.336 e. The van der Waals surface area contributed by atoms with E-state index in [-0.39, 0.29) is 10.5 Å². The summed E-state index contributed by atoms with van der Waals surface area (Å²) in [5.41, 5.74) is 0.586. The van der Waals surface area contributed by atoms with Crippen LogP contribution in [0.1, 0.15) is 31.1 Å². The van der Waals surface area contributed by atoms with Crippen LogP contribution in [0.5, 0.6) is 5.75 Å². The second-order valence-electron chi connectivity index (χ2n) is 6.60. The van der Waals surface area contributed by atoms with Gasteiger partial charge >= 0.3 is 5.97 Å². The zero-order valence-corrected chi connectivity index (χ0v) is 15.3. The van der Waals surface area contributed by atoms with Crippen molar-refractivity contribution in [3.8, 4) is 16.9 Å². The zero-order valence-electron chi connectivity index (χ0n) is 14.5. The van der Waals surface area contributed by atoms with Gasteiger partial charge in [0.15, 0.2) is 0 Å². The summed E-state index contributed by atoms with van der Waals surface area (Å²) in [6.07, 6.45) is 0. The fourth-order valence-electron chi connectivity index (χ4n) is 2.35. The van der Waals surface area contributed by atoms with Gasteiger partial charge in [-0.25, -0.2) is 17.9 Å². The average Bonchev–Trinajstić information content (AvgIpc) is 2.52. The lowest BCUT2D eigenvalue weighted by Gasteiger charge is -2.20. The van der Waals surface area contributed by atoms with E-state index in [9.17, 15) is 18.3 Å². The van der Waals surface area contributed by atoms with Crippen molar-refractivity contribution in [2.24, 2.45) is 0 Å². The lowest BCUT2D eigenvalue weighted by molar-refractivity contribution is 0.0697. The lowest BCUT2D eigenvalue weighted by Crippen LogP contribution is -2.40. The first kappa shape index (κ1) is 19.0. The van der Waals surface area contributed by atoms with Gasteiger partial charge in [0.2, 0.25) is 10.0 Å². The highest BCUT2D eigenvalue weighted by atomic mass is 32.2. The molecule has 0 aliphatic rings. The molecule has 0 saturated carbocycles. The Kier molecular flexibility index (Phi) is 5.20. The Morgan fingerprint density at radius 2 is 1.68 bits per heavy atom. The van der Waals surface area contributed by atoms with Crippen molar-refractivity contribution in [2.45, 2.75) is 31.2 Å². The predicted octanol–water partition coefficient (Wildman–Crippen LogP) is 3.14. The van der Waals surface area contributed by atoms with Crippen LogP contribution in [0.25, 0.3) is 11.1 Å². The van der Waals surface area contributed by atoms with Gasteiger partial charge < -0.3 is 9.84 Å². The van der Waals surface area contributed by atoms with Crippen molar-refractivity contribution >= 4 is 16.0 Å². The second kappa shape index (κ2) is 6.85. The Morgan fingerprint density at radius 3 is 2.16 bits per heavy atom. The van der Waals surface area contributed by atoms with E-state index in [0.29, 0.717) is 16.9 Å². The molecule has 6 nitrogen and oxygen atoms in total. The van der Waals surface area contributed by atoms with E-state index in [1.54, 1.807) is 45.0 Å². The van der Waals surface area contributed by atoms with Gasteiger partial charge in [0.05, 0.1) is 17.6 Å². The van der Waals surface area contributed by atoms with Gasteiger partial charge in [0, 0.05) is 5.54 Å². The Morgan fingerprint density at radius 1 is 1.08 bits per heavy atom. The molecule has 2 N–H and O–H groups in total. The van der Waals surface area contributed by atoms with Gasteiger partial charge in [-0.05, 0) is 62.2 Å². The summed E-state index contributed by atoms with van der Waals surface area (Å²) < 4.78 is 32.3. The first-order chi connectivity index (χ1) is 11.5. The highest BCUT2D eigenvalue weighted by molar-refractivity contribution is 7.89. The molecule has 0 spiro atoms. The molecule has 7 heteroatoms. The number of rotatable bonds is 5. The summed E-state index contributed by atoms with van der Waals surface area (Å²) in [5, 5.41) is 9.40. The number of hydrogen-bond donors (Lipinski definition) is 2. The molecule has 2 rings (SSSR count). The summed E-state index contributed by atoms with van der Waals surface area (Å²) in [6, 6.07) is 10.8. The van der Waals surface area contributed by atoms with Crippen LogP contribution in [0.3, 0.4) is 0 Å². The number of carbonyl (C=O) groups is 1. The Balaban J connectivity index is 2.43. The topological polar surface area (TPSA) is 92.7 Å². The first-order valence-electron chi connectivity index (χ1n) is 7.59. The average molecular weight is 363 g/mol. The number of aromatic carboxylic acids is 1. The fraction of sp³-hybridized carbons (Fsp3) is 0.278. The molecule has 2 aromatic carbocycles. The number of benzene rings is 2. The molecule has 0 unspecified atom stereocenters. The molecule has 0 aliphatic carbocycles. The van der Waals surface area contributed by atoms with Crippen molar-refractivity contribution in [3.05, 3.63) is 48.0 Å². The lowest BCUT2D eigenvalue weighted by atomic mass is 9.99.